The third kappa shape index (κ3) is 3.38. The number of aromatic hydroxyl groups is 1. The number of halogens is 2. The maximum absolute atomic E-state index is 12.5. The van der Waals surface area contributed by atoms with Crippen LogP contribution in [0, 0.1) is 0 Å². The molecule has 0 bridgehead atoms. The molecule has 1 saturated heterocycles. The summed E-state index contributed by atoms with van der Waals surface area (Å²) in [7, 11) is 0. The minimum absolute atomic E-state index is 0.0482. The first kappa shape index (κ1) is 16.0. The lowest BCUT2D eigenvalue weighted by Crippen LogP contribution is -2.48. The molecule has 1 aliphatic rings. The Morgan fingerprint density at radius 3 is 2.39 bits per heavy atom. The second-order valence-electron chi connectivity index (χ2n) is 5.39. The highest BCUT2D eigenvalue weighted by atomic mass is 35.5. The van der Waals surface area contributed by atoms with Crippen molar-refractivity contribution in [3.8, 4) is 5.75 Å². The van der Waals surface area contributed by atoms with Crippen molar-refractivity contribution in [1.29, 1.82) is 0 Å². The molecule has 0 aliphatic carbocycles. The molecule has 4 nitrogen and oxygen atoms in total. The van der Waals surface area contributed by atoms with Gasteiger partial charge in [-0.25, -0.2) is 0 Å². The van der Waals surface area contributed by atoms with E-state index >= 15 is 0 Å². The Morgan fingerprint density at radius 2 is 1.70 bits per heavy atom. The molecule has 1 heterocycles. The van der Waals surface area contributed by atoms with E-state index in [0.29, 0.717) is 36.2 Å². The summed E-state index contributed by atoms with van der Waals surface area (Å²) in [6, 6.07) is 12.2. The summed E-state index contributed by atoms with van der Waals surface area (Å²) in [5.41, 5.74) is 1.22. The standard InChI is InChI=1S/C17H16Cl2N2O2/c18-12-5-6-16(22)13(11-12)17(23)21-9-7-20(8-10-21)15-4-2-1-3-14(15)19/h1-6,11,22H,7-10H2. The van der Waals surface area contributed by atoms with Gasteiger partial charge in [0, 0.05) is 31.2 Å². The monoisotopic (exact) mass is 350 g/mol. The fourth-order valence-corrected chi connectivity index (χ4v) is 3.14. The number of hydrogen-bond donors (Lipinski definition) is 1. The molecule has 2 aromatic rings. The molecule has 1 N–H and O–H groups in total. The highest BCUT2D eigenvalue weighted by Crippen LogP contribution is 2.27. The predicted molar refractivity (Wildman–Crippen MR) is 92.7 cm³/mol. The molecule has 0 spiro atoms. The molecule has 1 fully saturated rings. The van der Waals surface area contributed by atoms with E-state index in [-0.39, 0.29) is 17.2 Å². The van der Waals surface area contributed by atoms with Crippen LogP contribution < -0.4 is 4.90 Å². The molecular formula is C17H16Cl2N2O2. The van der Waals surface area contributed by atoms with Crippen LogP contribution in [0.5, 0.6) is 5.75 Å². The van der Waals surface area contributed by atoms with E-state index in [0.717, 1.165) is 5.69 Å². The number of amides is 1. The van der Waals surface area contributed by atoms with Crippen LogP contribution in [0.25, 0.3) is 0 Å². The zero-order valence-electron chi connectivity index (χ0n) is 12.4. The van der Waals surface area contributed by atoms with Crippen LogP contribution >= 0.6 is 23.2 Å². The minimum Gasteiger partial charge on any atom is -0.507 e. The summed E-state index contributed by atoms with van der Waals surface area (Å²) in [6.45, 7) is 2.51. The molecule has 0 aromatic heterocycles. The van der Waals surface area contributed by atoms with Crippen molar-refractivity contribution < 1.29 is 9.90 Å². The molecule has 0 atom stereocenters. The first-order valence-corrected chi connectivity index (χ1v) is 8.09. The Balaban J connectivity index is 1.70. The molecule has 0 saturated carbocycles. The van der Waals surface area contributed by atoms with Crippen LogP contribution in [0.4, 0.5) is 5.69 Å². The summed E-state index contributed by atoms with van der Waals surface area (Å²) < 4.78 is 0. The van der Waals surface area contributed by atoms with Gasteiger partial charge in [-0.2, -0.15) is 0 Å². The fourth-order valence-electron chi connectivity index (χ4n) is 2.71. The van der Waals surface area contributed by atoms with E-state index in [1.807, 2.05) is 24.3 Å². The third-order valence-corrected chi connectivity index (χ3v) is 4.50. The van der Waals surface area contributed by atoms with Crippen LogP contribution in [-0.2, 0) is 0 Å². The Kier molecular flexibility index (Phi) is 4.64. The van der Waals surface area contributed by atoms with Gasteiger partial charge in [-0.3, -0.25) is 4.79 Å². The summed E-state index contributed by atoms with van der Waals surface area (Å²) in [6.07, 6.45) is 0. The lowest BCUT2D eigenvalue weighted by Gasteiger charge is -2.36. The number of piperazine rings is 1. The number of carbonyl (C=O) groups excluding carboxylic acids is 1. The maximum atomic E-state index is 12.5. The smallest absolute Gasteiger partial charge is 0.257 e. The number of anilines is 1. The minimum atomic E-state index is -0.205. The lowest BCUT2D eigenvalue weighted by molar-refractivity contribution is 0.0744. The first-order valence-electron chi connectivity index (χ1n) is 7.33. The lowest BCUT2D eigenvalue weighted by atomic mass is 10.1. The van der Waals surface area contributed by atoms with E-state index in [9.17, 15) is 9.90 Å². The van der Waals surface area contributed by atoms with Gasteiger partial charge in [-0.15, -0.1) is 0 Å². The van der Waals surface area contributed by atoms with E-state index in [2.05, 4.69) is 4.90 Å². The van der Waals surface area contributed by atoms with Gasteiger partial charge in [0.2, 0.25) is 0 Å². The van der Waals surface area contributed by atoms with Gasteiger partial charge < -0.3 is 14.9 Å². The van der Waals surface area contributed by atoms with Crippen molar-refractivity contribution in [3.05, 3.63) is 58.1 Å². The average Bonchev–Trinajstić information content (AvgIpc) is 2.57. The van der Waals surface area contributed by atoms with Gasteiger partial charge >= 0.3 is 0 Å². The number of para-hydroxylation sites is 1. The zero-order chi connectivity index (χ0) is 16.4. The number of hydrogen-bond acceptors (Lipinski definition) is 3. The molecule has 120 valence electrons. The molecule has 0 unspecified atom stereocenters. The maximum Gasteiger partial charge on any atom is 0.257 e. The third-order valence-electron chi connectivity index (χ3n) is 3.95. The summed E-state index contributed by atoms with van der Waals surface area (Å²) in [4.78, 5) is 16.4. The van der Waals surface area contributed by atoms with Crippen molar-refractivity contribution in [2.45, 2.75) is 0 Å². The first-order chi connectivity index (χ1) is 11.1. The van der Waals surface area contributed by atoms with Gasteiger partial charge in [0.1, 0.15) is 5.75 Å². The van der Waals surface area contributed by atoms with Crippen molar-refractivity contribution in [3.63, 3.8) is 0 Å². The summed E-state index contributed by atoms with van der Waals surface area (Å²) in [5.74, 6) is -0.253. The Morgan fingerprint density at radius 1 is 1.00 bits per heavy atom. The number of phenols is 1. The quantitative estimate of drug-likeness (QED) is 0.898. The van der Waals surface area contributed by atoms with Gasteiger partial charge in [0.25, 0.3) is 5.91 Å². The van der Waals surface area contributed by atoms with Crippen molar-refractivity contribution in [2.24, 2.45) is 0 Å². The number of carbonyl (C=O) groups is 1. The number of nitrogens with zero attached hydrogens (tertiary/aromatic N) is 2. The number of benzene rings is 2. The van der Waals surface area contributed by atoms with Crippen LogP contribution in [0.1, 0.15) is 10.4 Å². The summed E-state index contributed by atoms with van der Waals surface area (Å²) in [5, 5.41) is 11.0. The van der Waals surface area contributed by atoms with Crippen LogP contribution in [0.3, 0.4) is 0 Å². The van der Waals surface area contributed by atoms with Crippen LogP contribution in [0.2, 0.25) is 10.0 Å². The topological polar surface area (TPSA) is 43.8 Å². The molecule has 1 aliphatic heterocycles. The fraction of sp³-hybridized carbons (Fsp3) is 0.235. The van der Waals surface area contributed by atoms with Gasteiger partial charge in [-0.1, -0.05) is 35.3 Å². The van der Waals surface area contributed by atoms with E-state index in [1.165, 1.54) is 12.1 Å². The molecule has 23 heavy (non-hydrogen) atoms. The number of rotatable bonds is 2. The van der Waals surface area contributed by atoms with Crippen LogP contribution in [0.15, 0.2) is 42.5 Å². The van der Waals surface area contributed by atoms with Gasteiger partial charge in [-0.05, 0) is 30.3 Å². The highest BCUT2D eigenvalue weighted by molar-refractivity contribution is 6.33. The van der Waals surface area contributed by atoms with Crippen molar-refractivity contribution in [2.75, 3.05) is 31.1 Å². The van der Waals surface area contributed by atoms with Gasteiger partial charge in [0.15, 0.2) is 0 Å². The summed E-state index contributed by atoms with van der Waals surface area (Å²) >= 11 is 12.1. The van der Waals surface area contributed by atoms with Crippen LogP contribution in [-0.4, -0.2) is 42.1 Å². The van der Waals surface area contributed by atoms with E-state index in [4.69, 9.17) is 23.2 Å². The number of phenolic OH excluding ortho intramolecular Hbond substituents is 1. The normalized spacial score (nSPS) is 14.9. The Labute approximate surface area is 144 Å². The van der Waals surface area contributed by atoms with Gasteiger partial charge in [0.05, 0.1) is 16.3 Å². The second kappa shape index (κ2) is 6.69. The Hall–Kier alpha value is -1.91. The van der Waals surface area contributed by atoms with E-state index in [1.54, 1.807) is 11.0 Å². The molecule has 3 rings (SSSR count). The Bertz CT molecular complexity index is 728. The highest BCUT2D eigenvalue weighted by Gasteiger charge is 2.24. The zero-order valence-corrected chi connectivity index (χ0v) is 13.9. The molecule has 2 aromatic carbocycles. The SMILES string of the molecule is O=C(c1cc(Cl)ccc1O)N1CCN(c2ccccc2Cl)CC1. The average molecular weight is 351 g/mol. The molecule has 0 radical (unpaired) electrons. The van der Waals surface area contributed by atoms with Crippen molar-refractivity contribution >= 4 is 34.8 Å². The largest absolute Gasteiger partial charge is 0.507 e. The molecular weight excluding hydrogens is 335 g/mol. The van der Waals surface area contributed by atoms with Crippen molar-refractivity contribution in [1.82, 2.24) is 4.90 Å². The predicted octanol–water partition coefficient (Wildman–Crippen LogP) is 3.66. The second-order valence-corrected chi connectivity index (χ2v) is 6.24. The molecule has 6 heteroatoms. The van der Waals surface area contributed by atoms with E-state index < -0.39 is 0 Å². The molecule has 1 amide bonds.